The van der Waals surface area contributed by atoms with Gasteiger partial charge in [-0.2, -0.15) is 5.10 Å². The Hall–Kier alpha value is -2.40. The molecule has 7 heteroatoms. The summed E-state index contributed by atoms with van der Waals surface area (Å²) in [6.45, 7) is 0. The van der Waals surface area contributed by atoms with Gasteiger partial charge in [-0.3, -0.25) is 0 Å². The molecule has 29 heavy (non-hydrogen) atoms. The normalized spacial score (nSPS) is 20.0. The molecule has 2 aliphatic heterocycles. The molecule has 0 unspecified atom stereocenters. The lowest BCUT2D eigenvalue weighted by Gasteiger charge is -2.38. The van der Waals surface area contributed by atoms with Crippen molar-refractivity contribution in [1.82, 2.24) is 5.01 Å². The Bertz CT molecular complexity index is 1130. The SMILES string of the molecule is Oc1ccc(Cl)cc1[C@H]1Oc2c(Cl)cc(Cl)cc2[C@H]2CC(c3ccccc3)=NN21. The molecule has 3 aromatic carbocycles. The number of fused-ring (bicyclic) bond motifs is 3. The lowest BCUT2D eigenvalue weighted by molar-refractivity contribution is -0.0202. The fourth-order valence-electron chi connectivity index (χ4n) is 3.85. The molecule has 5 rings (SSSR count). The van der Waals surface area contributed by atoms with Gasteiger partial charge >= 0.3 is 0 Å². The smallest absolute Gasteiger partial charge is 0.217 e. The second-order valence-corrected chi connectivity index (χ2v) is 8.27. The van der Waals surface area contributed by atoms with E-state index in [0.717, 1.165) is 16.8 Å². The largest absolute Gasteiger partial charge is 0.507 e. The minimum absolute atomic E-state index is 0.0787. The molecule has 0 saturated carbocycles. The summed E-state index contributed by atoms with van der Waals surface area (Å²) >= 11 is 18.9. The van der Waals surface area contributed by atoms with Crippen LogP contribution in [0.15, 0.2) is 65.8 Å². The summed E-state index contributed by atoms with van der Waals surface area (Å²) in [5.41, 5.74) is 3.35. The van der Waals surface area contributed by atoms with Crippen molar-refractivity contribution in [3.05, 3.63) is 92.4 Å². The van der Waals surface area contributed by atoms with E-state index in [-0.39, 0.29) is 11.8 Å². The molecule has 0 radical (unpaired) electrons. The standard InChI is InChI=1S/C22H15Cl3N2O2/c23-13-6-7-20(28)16(8-13)22-27-19(11-18(26-27)12-4-2-1-3-5-12)15-9-14(24)10-17(25)21(15)29-22/h1-10,19,22,28H,11H2/t19-,22-/m1/s1. The first kappa shape index (κ1) is 18.6. The molecule has 1 N–H and O–H groups in total. The van der Waals surface area contributed by atoms with Crippen molar-refractivity contribution in [3.63, 3.8) is 0 Å². The first-order chi connectivity index (χ1) is 14.0. The predicted molar refractivity (Wildman–Crippen MR) is 115 cm³/mol. The molecule has 0 bridgehead atoms. The van der Waals surface area contributed by atoms with Gasteiger partial charge < -0.3 is 9.84 Å². The second kappa shape index (κ2) is 7.13. The van der Waals surface area contributed by atoms with Crippen molar-refractivity contribution in [3.8, 4) is 11.5 Å². The molecule has 0 amide bonds. The maximum Gasteiger partial charge on any atom is 0.217 e. The van der Waals surface area contributed by atoms with Crippen LogP contribution in [0.5, 0.6) is 11.5 Å². The third kappa shape index (κ3) is 3.21. The van der Waals surface area contributed by atoms with Gasteiger partial charge in [-0.25, -0.2) is 5.01 Å². The Morgan fingerprint density at radius 3 is 2.48 bits per heavy atom. The lowest BCUT2D eigenvalue weighted by atomic mass is 9.95. The van der Waals surface area contributed by atoms with Crippen molar-refractivity contribution in [2.75, 3.05) is 0 Å². The molecule has 3 aromatic rings. The molecular formula is C22H15Cl3N2O2. The maximum atomic E-state index is 10.5. The molecule has 146 valence electrons. The van der Waals surface area contributed by atoms with Crippen molar-refractivity contribution in [2.45, 2.75) is 18.7 Å². The van der Waals surface area contributed by atoms with Gasteiger partial charge in [0, 0.05) is 22.0 Å². The number of ether oxygens (including phenoxy) is 1. The molecule has 0 aromatic heterocycles. The first-order valence-electron chi connectivity index (χ1n) is 9.06. The van der Waals surface area contributed by atoms with E-state index in [4.69, 9.17) is 44.6 Å². The van der Waals surface area contributed by atoms with Gasteiger partial charge in [0.15, 0.2) is 0 Å². The highest BCUT2D eigenvalue weighted by Crippen LogP contribution is 2.51. The van der Waals surface area contributed by atoms with Crippen molar-refractivity contribution >= 4 is 40.5 Å². The van der Waals surface area contributed by atoms with Gasteiger partial charge in [0.2, 0.25) is 6.23 Å². The number of hydrazone groups is 1. The van der Waals surface area contributed by atoms with Gasteiger partial charge in [-0.05, 0) is 35.9 Å². The van der Waals surface area contributed by atoms with Crippen LogP contribution in [0.3, 0.4) is 0 Å². The van der Waals surface area contributed by atoms with Crippen molar-refractivity contribution in [1.29, 1.82) is 0 Å². The monoisotopic (exact) mass is 444 g/mol. The van der Waals surface area contributed by atoms with Crippen molar-refractivity contribution < 1.29 is 9.84 Å². The Balaban J connectivity index is 1.67. The topological polar surface area (TPSA) is 45.1 Å². The summed E-state index contributed by atoms with van der Waals surface area (Å²) in [5.74, 6) is 0.626. The molecule has 0 saturated heterocycles. The van der Waals surface area contributed by atoms with Crippen LogP contribution in [-0.2, 0) is 0 Å². The van der Waals surface area contributed by atoms with Crippen LogP contribution < -0.4 is 4.74 Å². The quantitative estimate of drug-likeness (QED) is 0.483. The molecule has 0 aliphatic carbocycles. The summed E-state index contributed by atoms with van der Waals surface area (Å²) < 4.78 is 6.25. The van der Waals surface area contributed by atoms with Crippen LogP contribution >= 0.6 is 34.8 Å². The Morgan fingerprint density at radius 2 is 1.69 bits per heavy atom. The van der Waals surface area contributed by atoms with Crippen LogP contribution in [0.2, 0.25) is 15.1 Å². The fourth-order valence-corrected chi connectivity index (χ4v) is 4.58. The molecule has 2 heterocycles. The van der Waals surface area contributed by atoms with Crippen LogP contribution in [0, 0.1) is 0 Å². The van der Waals surface area contributed by atoms with Crippen molar-refractivity contribution in [2.24, 2.45) is 5.10 Å². The van der Waals surface area contributed by atoms with Crippen LogP contribution in [-0.4, -0.2) is 15.8 Å². The number of phenols is 1. The highest BCUT2D eigenvalue weighted by molar-refractivity contribution is 6.35. The fraction of sp³-hybridized carbons (Fsp3) is 0.136. The zero-order valence-electron chi connectivity index (χ0n) is 15.0. The third-order valence-corrected chi connectivity index (χ3v) is 5.90. The highest BCUT2D eigenvalue weighted by atomic mass is 35.5. The molecule has 4 nitrogen and oxygen atoms in total. The summed E-state index contributed by atoms with van der Waals surface area (Å²) in [7, 11) is 0. The van der Waals surface area contributed by atoms with E-state index in [1.54, 1.807) is 24.3 Å². The van der Waals surface area contributed by atoms with E-state index in [1.807, 2.05) is 41.4 Å². The number of benzene rings is 3. The lowest BCUT2D eigenvalue weighted by Crippen LogP contribution is -2.34. The van der Waals surface area contributed by atoms with E-state index in [9.17, 15) is 5.11 Å². The predicted octanol–water partition coefficient (Wildman–Crippen LogP) is 6.59. The van der Waals surface area contributed by atoms with Gasteiger partial charge in [0.25, 0.3) is 0 Å². The molecule has 0 spiro atoms. The maximum absolute atomic E-state index is 10.5. The number of hydrogen-bond acceptors (Lipinski definition) is 4. The number of hydrogen-bond donors (Lipinski definition) is 1. The average Bonchev–Trinajstić information content (AvgIpc) is 3.16. The van der Waals surface area contributed by atoms with E-state index in [2.05, 4.69) is 0 Å². The van der Waals surface area contributed by atoms with E-state index in [1.165, 1.54) is 0 Å². The minimum Gasteiger partial charge on any atom is -0.507 e. The highest BCUT2D eigenvalue weighted by Gasteiger charge is 2.42. The molecule has 2 aliphatic rings. The second-order valence-electron chi connectivity index (χ2n) is 6.99. The van der Waals surface area contributed by atoms with Gasteiger partial charge in [0.05, 0.1) is 22.3 Å². The molecule has 0 fully saturated rings. The van der Waals surface area contributed by atoms with Crippen LogP contribution in [0.25, 0.3) is 0 Å². The number of nitrogens with zero attached hydrogens (tertiary/aromatic N) is 2. The van der Waals surface area contributed by atoms with Crippen LogP contribution in [0.4, 0.5) is 0 Å². The van der Waals surface area contributed by atoms with E-state index < -0.39 is 6.23 Å². The third-order valence-electron chi connectivity index (χ3n) is 5.17. The van der Waals surface area contributed by atoms with Crippen LogP contribution in [0.1, 0.15) is 35.4 Å². The zero-order valence-corrected chi connectivity index (χ0v) is 17.3. The number of phenolic OH excluding ortho intramolecular Hbond substituents is 1. The van der Waals surface area contributed by atoms with E-state index >= 15 is 0 Å². The first-order valence-corrected chi connectivity index (χ1v) is 10.2. The number of aromatic hydroxyl groups is 1. The molecule has 2 atom stereocenters. The van der Waals surface area contributed by atoms with Gasteiger partial charge in [-0.15, -0.1) is 0 Å². The average molecular weight is 446 g/mol. The van der Waals surface area contributed by atoms with Gasteiger partial charge in [0.1, 0.15) is 11.5 Å². The Labute approximate surface area is 182 Å². The Morgan fingerprint density at radius 1 is 0.931 bits per heavy atom. The summed E-state index contributed by atoms with van der Waals surface area (Å²) in [6, 6.07) is 18.2. The Kier molecular flexibility index (Phi) is 4.58. The minimum atomic E-state index is -0.675. The summed E-state index contributed by atoms with van der Waals surface area (Å²) in [6.07, 6.45) is -0.0133. The number of rotatable bonds is 2. The zero-order chi connectivity index (χ0) is 20.1. The summed E-state index contributed by atoms with van der Waals surface area (Å²) in [5, 5.41) is 18.6. The number of halogens is 3. The van der Waals surface area contributed by atoms with E-state index in [0.29, 0.717) is 32.8 Å². The molecular weight excluding hydrogens is 431 g/mol. The van der Waals surface area contributed by atoms with Gasteiger partial charge in [-0.1, -0.05) is 65.1 Å². The summed E-state index contributed by atoms with van der Waals surface area (Å²) in [4.78, 5) is 0.